The first-order valence-electron chi connectivity index (χ1n) is 12.1. The fourth-order valence-corrected chi connectivity index (χ4v) is 5.22. The molecule has 1 fully saturated rings. The number of hydrazine groups is 1. The number of carbonyl (C=O) groups is 3. The van der Waals surface area contributed by atoms with Crippen molar-refractivity contribution in [3.05, 3.63) is 87.6 Å². The summed E-state index contributed by atoms with van der Waals surface area (Å²) >= 11 is 0. The fraction of sp³-hybridized carbons (Fsp3) is 0.296. The van der Waals surface area contributed by atoms with E-state index >= 15 is 0 Å². The van der Waals surface area contributed by atoms with Gasteiger partial charge in [-0.25, -0.2) is 18.9 Å². The van der Waals surface area contributed by atoms with E-state index in [-0.39, 0.29) is 47.5 Å². The molecule has 10 nitrogen and oxygen atoms in total. The van der Waals surface area contributed by atoms with Gasteiger partial charge in [0.15, 0.2) is 15.6 Å². The van der Waals surface area contributed by atoms with Crippen molar-refractivity contribution in [2.75, 3.05) is 5.75 Å². The molecular formula is C27H28N4O6S. The van der Waals surface area contributed by atoms with Crippen LogP contribution in [-0.2, 0) is 32.2 Å². The summed E-state index contributed by atoms with van der Waals surface area (Å²) in [6.45, 7) is 3.27. The molecule has 1 aromatic carbocycles. The molecule has 198 valence electrons. The fourth-order valence-electron chi connectivity index (χ4n) is 4.33. The number of carbonyl (C=O) groups excluding carboxylic acids is 3. The third-order valence-electron chi connectivity index (χ3n) is 6.49. The number of nitrogens with one attached hydrogen (secondary N) is 1. The molecule has 0 saturated carbocycles. The highest BCUT2D eigenvalue weighted by Gasteiger charge is 2.31. The summed E-state index contributed by atoms with van der Waals surface area (Å²) in [5, 5.41) is 0.958. The molecule has 0 aliphatic carbocycles. The highest BCUT2D eigenvalue weighted by atomic mass is 32.2. The highest BCUT2D eigenvalue weighted by Crippen LogP contribution is 2.33. The topological polar surface area (TPSA) is 136 Å². The van der Waals surface area contributed by atoms with Gasteiger partial charge in [-0.15, -0.1) is 0 Å². The Hall–Kier alpha value is -3.96. The van der Waals surface area contributed by atoms with Crippen LogP contribution in [0.3, 0.4) is 0 Å². The molecule has 1 aliphatic rings. The Balaban J connectivity index is 1.90. The standard InChI is InChI=1S/C27H28N4O6S/c1-4-38(36,37)16-18-5-6-20(27(35)19-9-11-28-12-10-19)22(13-18)23-15-30(3)26(34)14-21(23)17(2)29-31-24(32)7-8-25(31)33/h5-6,9-15,17,29H,4,7-8,16H2,1-3H3/t17-/m0/s1. The Labute approximate surface area is 220 Å². The predicted octanol–water partition coefficient (Wildman–Crippen LogP) is 2.33. The van der Waals surface area contributed by atoms with E-state index in [9.17, 15) is 27.6 Å². The predicted molar refractivity (Wildman–Crippen MR) is 141 cm³/mol. The molecule has 2 aromatic heterocycles. The van der Waals surface area contributed by atoms with E-state index in [0.29, 0.717) is 33.4 Å². The molecule has 4 rings (SSSR count). The molecule has 0 radical (unpaired) electrons. The number of amides is 2. The summed E-state index contributed by atoms with van der Waals surface area (Å²) in [5.41, 5.74) is 5.09. The van der Waals surface area contributed by atoms with Crippen molar-refractivity contribution in [3.8, 4) is 11.1 Å². The van der Waals surface area contributed by atoms with Crippen LogP contribution < -0.4 is 11.0 Å². The van der Waals surface area contributed by atoms with Crippen LogP contribution in [0.5, 0.6) is 0 Å². The second kappa shape index (κ2) is 10.8. The van der Waals surface area contributed by atoms with Gasteiger partial charge in [0.25, 0.3) is 5.56 Å². The Morgan fingerprint density at radius 2 is 1.68 bits per heavy atom. The van der Waals surface area contributed by atoms with Crippen LogP contribution in [-0.4, -0.2) is 46.3 Å². The van der Waals surface area contributed by atoms with E-state index in [1.54, 1.807) is 57.4 Å². The first kappa shape index (κ1) is 27.1. The maximum Gasteiger partial charge on any atom is 0.250 e. The Morgan fingerprint density at radius 1 is 1.03 bits per heavy atom. The average molecular weight is 537 g/mol. The van der Waals surface area contributed by atoms with Crippen molar-refractivity contribution in [2.24, 2.45) is 7.05 Å². The van der Waals surface area contributed by atoms with Gasteiger partial charge in [-0.1, -0.05) is 19.1 Å². The Bertz CT molecular complexity index is 1560. The van der Waals surface area contributed by atoms with Crippen LogP contribution in [0.25, 0.3) is 11.1 Å². The lowest BCUT2D eigenvalue weighted by molar-refractivity contribution is -0.142. The van der Waals surface area contributed by atoms with E-state index in [1.807, 2.05) is 0 Å². The molecule has 0 unspecified atom stereocenters. The van der Waals surface area contributed by atoms with Crippen LogP contribution in [0.15, 0.2) is 59.8 Å². The van der Waals surface area contributed by atoms with Crippen molar-refractivity contribution in [1.82, 2.24) is 20.0 Å². The summed E-state index contributed by atoms with van der Waals surface area (Å²) in [5.74, 6) is -1.30. The molecule has 3 aromatic rings. The third kappa shape index (κ3) is 5.63. The molecule has 1 saturated heterocycles. The molecular weight excluding hydrogens is 508 g/mol. The molecule has 2 amide bonds. The summed E-state index contributed by atoms with van der Waals surface area (Å²) < 4.78 is 26.1. The summed E-state index contributed by atoms with van der Waals surface area (Å²) in [6, 6.07) is 8.71. The second-order valence-electron chi connectivity index (χ2n) is 9.19. The quantitative estimate of drug-likeness (QED) is 0.325. The number of hydrogen-bond donors (Lipinski definition) is 1. The van der Waals surface area contributed by atoms with E-state index < -0.39 is 15.9 Å². The van der Waals surface area contributed by atoms with E-state index in [1.165, 1.54) is 23.0 Å². The normalized spacial score (nSPS) is 14.7. The minimum atomic E-state index is -3.37. The Morgan fingerprint density at radius 3 is 2.32 bits per heavy atom. The molecule has 0 spiro atoms. The van der Waals surface area contributed by atoms with Crippen molar-refractivity contribution in [2.45, 2.75) is 38.5 Å². The summed E-state index contributed by atoms with van der Waals surface area (Å²) in [7, 11) is -1.80. The van der Waals surface area contributed by atoms with Crippen LogP contribution in [0.1, 0.15) is 59.8 Å². The van der Waals surface area contributed by atoms with Crippen LogP contribution in [0.4, 0.5) is 0 Å². The van der Waals surface area contributed by atoms with Crippen molar-refractivity contribution in [1.29, 1.82) is 0 Å². The van der Waals surface area contributed by atoms with E-state index in [0.717, 1.165) is 5.01 Å². The highest BCUT2D eigenvalue weighted by molar-refractivity contribution is 7.90. The number of nitrogens with zero attached hydrogens (tertiary/aromatic N) is 3. The number of benzene rings is 1. The number of rotatable bonds is 9. The van der Waals surface area contributed by atoms with Gasteiger partial charge < -0.3 is 4.57 Å². The molecule has 0 bridgehead atoms. The maximum atomic E-state index is 13.6. The SMILES string of the molecule is CCS(=O)(=O)Cc1ccc(C(=O)c2ccncc2)c(-c2cn(C)c(=O)cc2[C@H](C)NN2C(=O)CCC2=O)c1. The number of ketones is 1. The number of pyridine rings is 2. The molecule has 3 heterocycles. The monoisotopic (exact) mass is 536 g/mol. The largest absolute Gasteiger partial charge is 0.318 e. The van der Waals surface area contributed by atoms with Gasteiger partial charge in [0.2, 0.25) is 11.8 Å². The van der Waals surface area contributed by atoms with Crippen LogP contribution in [0.2, 0.25) is 0 Å². The minimum Gasteiger partial charge on any atom is -0.318 e. The van der Waals surface area contributed by atoms with Crippen LogP contribution in [0, 0.1) is 0 Å². The van der Waals surface area contributed by atoms with Gasteiger partial charge in [0.1, 0.15) is 0 Å². The third-order valence-corrected chi connectivity index (χ3v) is 8.14. The van der Waals surface area contributed by atoms with Crippen LogP contribution >= 0.6 is 0 Å². The van der Waals surface area contributed by atoms with Crippen molar-refractivity contribution < 1.29 is 22.8 Å². The van der Waals surface area contributed by atoms with Crippen molar-refractivity contribution >= 4 is 27.4 Å². The zero-order valence-corrected chi connectivity index (χ0v) is 22.1. The zero-order valence-electron chi connectivity index (χ0n) is 21.3. The van der Waals surface area contributed by atoms with Crippen molar-refractivity contribution in [3.63, 3.8) is 0 Å². The lowest BCUT2D eigenvalue weighted by atomic mass is 9.89. The number of sulfone groups is 1. The molecule has 1 aliphatic heterocycles. The summed E-state index contributed by atoms with van der Waals surface area (Å²) in [4.78, 5) is 54.6. The zero-order chi connectivity index (χ0) is 27.6. The number of aromatic nitrogens is 2. The lowest BCUT2D eigenvalue weighted by Crippen LogP contribution is -2.43. The van der Waals surface area contributed by atoms with E-state index in [4.69, 9.17) is 0 Å². The van der Waals surface area contributed by atoms with Gasteiger partial charge in [0.05, 0.1) is 5.75 Å². The maximum absolute atomic E-state index is 13.6. The second-order valence-corrected chi connectivity index (χ2v) is 11.5. The number of hydrogen-bond acceptors (Lipinski definition) is 8. The summed E-state index contributed by atoms with van der Waals surface area (Å²) in [6.07, 6.45) is 4.77. The lowest BCUT2D eigenvalue weighted by Gasteiger charge is -2.24. The van der Waals surface area contributed by atoms with Gasteiger partial charge in [0, 0.05) is 73.0 Å². The molecule has 1 atom stereocenters. The number of imide groups is 1. The smallest absolute Gasteiger partial charge is 0.250 e. The van der Waals surface area contributed by atoms with Gasteiger partial charge >= 0.3 is 0 Å². The number of aryl methyl sites for hydroxylation is 1. The first-order valence-corrected chi connectivity index (χ1v) is 13.9. The minimum absolute atomic E-state index is 0.0377. The van der Waals surface area contributed by atoms with Gasteiger partial charge in [-0.2, -0.15) is 0 Å². The molecule has 38 heavy (non-hydrogen) atoms. The first-order chi connectivity index (χ1) is 18.0. The average Bonchev–Trinajstić information content (AvgIpc) is 3.22. The van der Waals surface area contributed by atoms with E-state index in [2.05, 4.69) is 10.4 Å². The molecule has 1 N–H and O–H groups in total. The molecule has 11 heteroatoms. The Kier molecular flexibility index (Phi) is 7.70. The van der Waals surface area contributed by atoms with Gasteiger partial charge in [-0.05, 0) is 41.8 Å². The van der Waals surface area contributed by atoms with Gasteiger partial charge in [-0.3, -0.25) is 24.2 Å².